The summed E-state index contributed by atoms with van der Waals surface area (Å²) < 4.78 is 25.2. The van der Waals surface area contributed by atoms with Gasteiger partial charge < -0.3 is 18.5 Å². The van der Waals surface area contributed by atoms with Crippen molar-refractivity contribution < 1.29 is 23.3 Å². The Hall–Kier alpha value is -0.0782. The predicted molar refractivity (Wildman–Crippen MR) is 142 cm³/mol. The first-order chi connectivity index (χ1) is 15.3. The standard InChI is InChI=1S/C26H48BClO5Si/c1-23(2,3)30-22(29)16-18(32-34(10,11)24(4,5)6)12-13-21(28)27-31-20-15-17-14-19(25(17,7)8)26(20,9)33-27/h17-21H,12-16H2,1-11H3/t17-,18-,19-,20+,21+,26-/m0/s1. The van der Waals surface area contributed by atoms with E-state index < -0.39 is 21.0 Å². The van der Waals surface area contributed by atoms with E-state index in [1.807, 2.05) is 20.8 Å². The molecule has 0 amide bonds. The number of hydrogen-bond donors (Lipinski definition) is 0. The third kappa shape index (κ3) is 5.74. The summed E-state index contributed by atoms with van der Waals surface area (Å²) in [7, 11) is -2.48. The maximum Gasteiger partial charge on any atom is 0.476 e. The Labute approximate surface area is 214 Å². The lowest BCUT2D eigenvalue weighted by atomic mass is 9.43. The van der Waals surface area contributed by atoms with Gasteiger partial charge in [-0.1, -0.05) is 34.6 Å². The molecule has 3 aliphatic carbocycles. The van der Waals surface area contributed by atoms with Gasteiger partial charge >= 0.3 is 13.1 Å². The molecule has 0 aromatic rings. The number of hydrogen-bond acceptors (Lipinski definition) is 5. The Bertz CT molecular complexity index is 761. The number of halogens is 1. The molecule has 6 atom stereocenters. The van der Waals surface area contributed by atoms with E-state index in [4.69, 9.17) is 30.1 Å². The minimum atomic E-state index is -2.07. The minimum absolute atomic E-state index is 0.0507. The zero-order valence-electron chi connectivity index (χ0n) is 23.4. The molecule has 34 heavy (non-hydrogen) atoms. The van der Waals surface area contributed by atoms with Gasteiger partial charge in [-0.05, 0) is 88.8 Å². The van der Waals surface area contributed by atoms with Crippen molar-refractivity contribution in [3.63, 3.8) is 0 Å². The van der Waals surface area contributed by atoms with Crippen LogP contribution in [-0.2, 0) is 23.3 Å². The fourth-order valence-corrected chi connectivity index (χ4v) is 7.52. The Morgan fingerprint density at radius 1 is 1.12 bits per heavy atom. The second-order valence-electron chi connectivity index (χ2n) is 14.2. The Morgan fingerprint density at radius 2 is 1.74 bits per heavy atom. The fraction of sp³-hybridized carbons (Fsp3) is 0.962. The second kappa shape index (κ2) is 9.34. The van der Waals surface area contributed by atoms with E-state index in [1.54, 1.807) is 0 Å². The molecule has 0 radical (unpaired) electrons. The van der Waals surface area contributed by atoms with E-state index in [2.05, 4.69) is 54.6 Å². The van der Waals surface area contributed by atoms with Gasteiger partial charge in [-0.15, -0.1) is 11.6 Å². The highest BCUT2D eigenvalue weighted by Gasteiger charge is 2.68. The van der Waals surface area contributed by atoms with E-state index in [0.717, 1.165) is 6.42 Å². The summed E-state index contributed by atoms with van der Waals surface area (Å²) in [6.45, 7) is 23.7. The van der Waals surface area contributed by atoms with Crippen LogP contribution in [0.4, 0.5) is 0 Å². The summed E-state index contributed by atoms with van der Waals surface area (Å²) in [4.78, 5) is 12.7. The fourth-order valence-electron chi connectivity index (χ4n) is 5.90. The number of carbonyl (C=O) groups is 1. The number of esters is 1. The molecule has 2 bridgehead atoms. The molecule has 0 N–H and O–H groups in total. The molecule has 1 heterocycles. The van der Waals surface area contributed by atoms with Gasteiger partial charge in [0.25, 0.3) is 0 Å². The smallest absolute Gasteiger partial charge is 0.460 e. The first-order valence-electron chi connectivity index (χ1n) is 13.1. The number of carbonyl (C=O) groups excluding carboxylic acids is 1. The van der Waals surface area contributed by atoms with Crippen LogP contribution in [-0.4, -0.2) is 50.1 Å². The van der Waals surface area contributed by atoms with Gasteiger partial charge in [-0.25, -0.2) is 0 Å². The third-order valence-corrected chi connectivity index (χ3v) is 14.1. The van der Waals surface area contributed by atoms with Gasteiger partial charge in [0.2, 0.25) is 0 Å². The van der Waals surface area contributed by atoms with Crippen molar-refractivity contribution in [2.24, 2.45) is 17.3 Å². The summed E-state index contributed by atoms with van der Waals surface area (Å²) in [6.07, 6.45) is 3.73. The molecular weight excluding hydrogens is 467 g/mol. The lowest BCUT2D eigenvalue weighted by Gasteiger charge is -2.64. The topological polar surface area (TPSA) is 54.0 Å². The van der Waals surface area contributed by atoms with Gasteiger partial charge in [0.15, 0.2) is 8.32 Å². The largest absolute Gasteiger partial charge is 0.476 e. The summed E-state index contributed by atoms with van der Waals surface area (Å²) >= 11 is 6.88. The molecule has 4 aliphatic rings. The molecule has 8 heteroatoms. The maximum atomic E-state index is 12.7. The molecule has 1 aliphatic heterocycles. The molecule has 0 aromatic carbocycles. The van der Waals surface area contributed by atoms with Crippen molar-refractivity contribution in [1.82, 2.24) is 0 Å². The Balaban J connectivity index is 1.63. The van der Waals surface area contributed by atoms with Crippen LogP contribution in [0.15, 0.2) is 0 Å². The second-order valence-corrected chi connectivity index (χ2v) is 19.5. The van der Waals surface area contributed by atoms with Gasteiger partial charge in [-0.3, -0.25) is 4.79 Å². The van der Waals surface area contributed by atoms with Crippen LogP contribution >= 0.6 is 11.6 Å². The highest BCUT2D eigenvalue weighted by molar-refractivity contribution is 6.74. The Kier molecular flexibility index (Phi) is 7.83. The van der Waals surface area contributed by atoms with E-state index in [1.165, 1.54) is 6.42 Å². The van der Waals surface area contributed by atoms with Crippen molar-refractivity contribution in [3.05, 3.63) is 0 Å². The number of rotatable bonds is 8. The van der Waals surface area contributed by atoms with E-state index in [9.17, 15) is 4.79 Å². The summed E-state index contributed by atoms with van der Waals surface area (Å²) in [6, 6.07) is 0. The van der Waals surface area contributed by atoms with Gasteiger partial charge in [0.1, 0.15) is 5.60 Å². The molecule has 0 unspecified atom stereocenters. The monoisotopic (exact) mass is 514 g/mol. The average molecular weight is 515 g/mol. The van der Waals surface area contributed by atoms with Crippen LogP contribution in [0.3, 0.4) is 0 Å². The first kappa shape index (κ1) is 28.5. The molecule has 4 fully saturated rings. The van der Waals surface area contributed by atoms with Crippen molar-refractivity contribution in [2.75, 3.05) is 0 Å². The molecule has 5 nitrogen and oxygen atoms in total. The summed E-state index contributed by atoms with van der Waals surface area (Å²) in [5, 5.41) is -0.235. The lowest BCUT2D eigenvalue weighted by molar-refractivity contribution is -0.199. The zero-order valence-corrected chi connectivity index (χ0v) is 25.2. The van der Waals surface area contributed by atoms with E-state index >= 15 is 0 Å². The summed E-state index contributed by atoms with van der Waals surface area (Å²) in [5.41, 5.74) is -0.468. The van der Waals surface area contributed by atoms with Crippen LogP contribution in [0.1, 0.15) is 94.4 Å². The van der Waals surface area contributed by atoms with Gasteiger partial charge in [-0.2, -0.15) is 0 Å². The average Bonchev–Trinajstić information content (AvgIpc) is 3.00. The number of alkyl halides is 1. The maximum absolute atomic E-state index is 12.7. The van der Waals surface area contributed by atoms with Crippen molar-refractivity contribution in [3.8, 4) is 0 Å². The zero-order chi connectivity index (χ0) is 25.9. The van der Waals surface area contributed by atoms with Crippen molar-refractivity contribution in [2.45, 2.75) is 141 Å². The van der Waals surface area contributed by atoms with Gasteiger partial charge in [0, 0.05) is 0 Å². The van der Waals surface area contributed by atoms with E-state index in [0.29, 0.717) is 30.1 Å². The molecule has 3 saturated carbocycles. The highest BCUT2D eigenvalue weighted by Crippen LogP contribution is 2.65. The van der Waals surface area contributed by atoms with Crippen molar-refractivity contribution >= 4 is 33.0 Å². The normalized spacial score (nSPS) is 32.6. The van der Waals surface area contributed by atoms with Crippen LogP contribution < -0.4 is 0 Å². The lowest BCUT2D eigenvalue weighted by Crippen LogP contribution is -2.65. The molecule has 196 valence electrons. The quantitative estimate of drug-likeness (QED) is 0.203. The first-order valence-corrected chi connectivity index (χ1v) is 16.5. The van der Waals surface area contributed by atoms with Crippen LogP contribution in [0.5, 0.6) is 0 Å². The number of ether oxygens (including phenoxy) is 1. The third-order valence-electron chi connectivity index (χ3n) is 9.11. The van der Waals surface area contributed by atoms with Gasteiger partial charge in [0.05, 0.1) is 29.5 Å². The van der Waals surface area contributed by atoms with Crippen LogP contribution in [0.25, 0.3) is 0 Å². The summed E-state index contributed by atoms with van der Waals surface area (Å²) in [5.74, 6) is 0.999. The van der Waals surface area contributed by atoms with Crippen LogP contribution in [0.2, 0.25) is 18.1 Å². The molecule has 0 spiro atoms. The van der Waals surface area contributed by atoms with Crippen LogP contribution in [0, 0.1) is 17.3 Å². The Morgan fingerprint density at radius 3 is 2.26 bits per heavy atom. The predicted octanol–water partition coefficient (Wildman–Crippen LogP) is 6.76. The minimum Gasteiger partial charge on any atom is -0.460 e. The molecular formula is C26H48BClO5Si. The molecule has 0 aromatic heterocycles. The van der Waals surface area contributed by atoms with Crippen molar-refractivity contribution in [1.29, 1.82) is 0 Å². The molecule has 4 rings (SSSR count). The van der Waals surface area contributed by atoms with E-state index in [-0.39, 0.29) is 40.5 Å². The molecule has 1 saturated heterocycles. The SMILES string of the molecule is CC(C)(C)OC(=O)C[C@H](CC[C@@H](Cl)B1O[C@@H]2C[C@@H]3C[C@@H](C3(C)C)[C@]2(C)O1)O[Si](C)(C)C(C)(C)C. The highest BCUT2D eigenvalue weighted by atomic mass is 35.5.